The lowest BCUT2D eigenvalue weighted by Crippen LogP contribution is -2.35. The molecule has 0 N–H and O–H groups in total. The molecule has 0 atom stereocenters. The van der Waals surface area contributed by atoms with Gasteiger partial charge in [0.2, 0.25) is 0 Å². The number of halogens is 1. The molecule has 0 amide bonds. The molecule has 3 rings (SSSR count). The fourth-order valence-corrected chi connectivity index (χ4v) is 2.39. The van der Waals surface area contributed by atoms with E-state index in [-0.39, 0.29) is 12.2 Å². The number of rotatable bonds is 3. The van der Waals surface area contributed by atoms with E-state index >= 15 is 0 Å². The Balaban J connectivity index is 2.30. The Morgan fingerprint density at radius 1 is 1.32 bits per heavy atom. The van der Waals surface area contributed by atoms with Crippen LogP contribution < -0.4 is 19.9 Å². The molecule has 0 saturated heterocycles. The van der Waals surface area contributed by atoms with E-state index < -0.39 is 11.4 Å². The molecular formula is C15H13FN2O4. The summed E-state index contributed by atoms with van der Waals surface area (Å²) in [5.74, 6) is 0.402. The number of hydrogen-bond acceptors (Lipinski definition) is 5. The van der Waals surface area contributed by atoms with Gasteiger partial charge in [0.25, 0.3) is 12.0 Å². The second-order valence-corrected chi connectivity index (χ2v) is 4.80. The molecule has 0 radical (unpaired) electrons. The van der Waals surface area contributed by atoms with Gasteiger partial charge < -0.3 is 14.4 Å². The van der Waals surface area contributed by atoms with E-state index in [1.807, 2.05) is 11.9 Å². The maximum Gasteiger partial charge on any atom is 0.300 e. The predicted octanol–water partition coefficient (Wildman–Crippen LogP) is 1.34. The Bertz CT molecular complexity index is 770. The zero-order valence-corrected chi connectivity index (χ0v) is 11.8. The van der Waals surface area contributed by atoms with Crippen molar-refractivity contribution in [2.24, 2.45) is 0 Å². The summed E-state index contributed by atoms with van der Waals surface area (Å²) in [6.07, 6.45) is 0. The van der Waals surface area contributed by atoms with Crippen LogP contribution in [0, 0.1) is 5.82 Å². The van der Waals surface area contributed by atoms with E-state index in [1.165, 1.54) is 34.9 Å². The number of aromatic nitrogens is 1. The first kappa shape index (κ1) is 14.1. The first-order valence-corrected chi connectivity index (χ1v) is 6.62. The minimum atomic E-state index is -0.519. The summed E-state index contributed by atoms with van der Waals surface area (Å²) in [7, 11) is 1.82. The molecular weight excluding hydrogens is 291 g/mol. The molecule has 0 bridgehead atoms. The Morgan fingerprint density at radius 2 is 2.05 bits per heavy atom. The van der Waals surface area contributed by atoms with E-state index in [1.54, 1.807) is 0 Å². The molecule has 1 aliphatic rings. The summed E-state index contributed by atoms with van der Waals surface area (Å²) in [6, 6.07) is 6.85. The van der Waals surface area contributed by atoms with Crippen molar-refractivity contribution in [1.82, 2.24) is 4.57 Å². The van der Waals surface area contributed by atoms with Crippen LogP contribution in [0.4, 0.5) is 10.2 Å². The summed E-state index contributed by atoms with van der Waals surface area (Å²) in [4.78, 5) is 25.0. The fraction of sp³-hybridized carbons (Fsp3) is 0.200. The number of fused-ring (bicyclic) bond motifs is 1. The maximum atomic E-state index is 13.1. The second-order valence-electron chi connectivity index (χ2n) is 4.80. The highest BCUT2D eigenvalue weighted by atomic mass is 19.1. The SMILES string of the molecule is CN1CCOc2cc(OC=O)c(=O)n(-c3ccc(F)cc3)c21. The molecule has 1 aromatic heterocycles. The van der Waals surface area contributed by atoms with Gasteiger partial charge in [0, 0.05) is 13.1 Å². The predicted molar refractivity (Wildman–Crippen MR) is 77.5 cm³/mol. The molecule has 0 aliphatic carbocycles. The van der Waals surface area contributed by atoms with Crippen LogP contribution in [-0.2, 0) is 4.79 Å². The minimum Gasteiger partial charge on any atom is -0.488 e. The summed E-state index contributed by atoms with van der Waals surface area (Å²) < 4.78 is 24.8. The standard InChI is InChI=1S/C15H13FN2O4/c1-17-6-7-21-12-8-13(22-9-19)15(20)18(14(12)17)11-4-2-10(16)3-5-11/h2-5,8-9H,6-7H2,1H3. The number of anilines is 1. The van der Waals surface area contributed by atoms with Crippen LogP contribution in [0.2, 0.25) is 0 Å². The van der Waals surface area contributed by atoms with Crippen molar-refractivity contribution >= 4 is 12.3 Å². The monoisotopic (exact) mass is 304 g/mol. The van der Waals surface area contributed by atoms with Gasteiger partial charge in [-0.3, -0.25) is 14.2 Å². The van der Waals surface area contributed by atoms with Gasteiger partial charge >= 0.3 is 0 Å². The maximum absolute atomic E-state index is 13.1. The van der Waals surface area contributed by atoms with E-state index in [2.05, 4.69) is 0 Å². The summed E-state index contributed by atoms with van der Waals surface area (Å²) in [5.41, 5.74) is -0.0637. The smallest absolute Gasteiger partial charge is 0.300 e. The summed E-state index contributed by atoms with van der Waals surface area (Å²) in [6.45, 7) is 1.23. The van der Waals surface area contributed by atoms with Gasteiger partial charge in [-0.1, -0.05) is 0 Å². The van der Waals surface area contributed by atoms with Crippen molar-refractivity contribution in [3.8, 4) is 17.2 Å². The van der Waals surface area contributed by atoms with Gasteiger partial charge in [-0.2, -0.15) is 0 Å². The zero-order valence-electron chi connectivity index (χ0n) is 11.8. The molecule has 0 saturated carbocycles. The summed E-state index contributed by atoms with van der Waals surface area (Å²) >= 11 is 0. The van der Waals surface area contributed by atoms with Crippen molar-refractivity contribution in [3.05, 3.63) is 46.5 Å². The third-order valence-corrected chi connectivity index (χ3v) is 3.41. The van der Waals surface area contributed by atoms with Gasteiger partial charge in [0.1, 0.15) is 12.4 Å². The highest BCUT2D eigenvalue weighted by molar-refractivity contribution is 5.62. The number of hydrogen-bond donors (Lipinski definition) is 0. The fourth-order valence-electron chi connectivity index (χ4n) is 2.39. The third-order valence-electron chi connectivity index (χ3n) is 3.41. The Labute approximate surface area is 125 Å². The molecule has 0 fully saturated rings. The number of nitrogens with zero attached hydrogens (tertiary/aromatic N) is 2. The van der Waals surface area contributed by atoms with Crippen LogP contribution in [0.5, 0.6) is 11.5 Å². The van der Waals surface area contributed by atoms with Crippen LogP contribution >= 0.6 is 0 Å². The van der Waals surface area contributed by atoms with Crippen molar-refractivity contribution < 1.29 is 18.7 Å². The van der Waals surface area contributed by atoms with Gasteiger partial charge in [0.05, 0.1) is 12.2 Å². The van der Waals surface area contributed by atoms with E-state index in [9.17, 15) is 14.0 Å². The quantitative estimate of drug-likeness (QED) is 0.801. The number of pyridine rings is 1. The molecule has 6 nitrogen and oxygen atoms in total. The molecule has 0 spiro atoms. The number of carbonyl (C=O) groups is 1. The average molecular weight is 304 g/mol. The zero-order chi connectivity index (χ0) is 15.7. The lowest BCUT2D eigenvalue weighted by atomic mass is 10.2. The minimum absolute atomic E-state index is 0.145. The van der Waals surface area contributed by atoms with Crippen LogP contribution in [0.25, 0.3) is 5.69 Å². The summed E-state index contributed by atoms with van der Waals surface area (Å²) in [5, 5.41) is 0. The first-order valence-electron chi connectivity index (χ1n) is 6.62. The van der Waals surface area contributed by atoms with Gasteiger partial charge in [-0.25, -0.2) is 4.39 Å². The number of benzene rings is 1. The molecule has 114 valence electrons. The number of likely N-dealkylation sites (N-methyl/N-ethyl adjacent to an activating group) is 1. The highest BCUT2D eigenvalue weighted by Crippen LogP contribution is 2.33. The van der Waals surface area contributed by atoms with Crippen molar-refractivity contribution in [1.29, 1.82) is 0 Å². The van der Waals surface area contributed by atoms with Crippen molar-refractivity contribution in [2.45, 2.75) is 0 Å². The van der Waals surface area contributed by atoms with Gasteiger partial charge in [-0.05, 0) is 24.3 Å². The Morgan fingerprint density at radius 3 is 2.73 bits per heavy atom. The number of ether oxygens (including phenoxy) is 2. The first-order chi connectivity index (χ1) is 10.6. The van der Waals surface area contributed by atoms with Crippen molar-refractivity contribution in [2.75, 3.05) is 25.1 Å². The van der Waals surface area contributed by atoms with E-state index in [0.29, 0.717) is 30.4 Å². The highest BCUT2D eigenvalue weighted by Gasteiger charge is 2.24. The van der Waals surface area contributed by atoms with E-state index in [4.69, 9.17) is 9.47 Å². The molecule has 2 heterocycles. The average Bonchev–Trinajstić information content (AvgIpc) is 2.50. The Hall–Kier alpha value is -2.83. The van der Waals surface area contributed by atoms with Gasteiger partial charge in [0.15, 0.2) is 17.3 Å². The molecule has 1 aromatic carbocycles. The van der Waals surface area contributed by atoms with Crippen LogP contribution in [0.15, 0.2) is 35.1 Å². The molecule has 7 heteroatoms. The lowest BCUT2D eigenvalue weighted by Gasteiger charge is -2.30. The molecule has 2 aromatic rings. The molecule has 0 unspecified atom stereocenters. The van der Waals surface area contributed by atoms with Crippen LogP contribution in [0.1, 0.15) is 0 Å². The van der Waals surface area contributed by atoms with Crippen LogP contribution in [0.3, 0.4) is 0 Å². The van der Waals surface area contributed by atoms with Crippen LogP contribution in [-0.4, -0.2) is 31.2 Å². The molecule has 1 aliphatic heterocycles. The topological polar surface area (TPSA) is 60.8 Å². The second kappa shape index (κ2) is 5.51. The molecule has 22 heavy (non-hydrogen) atoms. The van der Waals surface area contributed by atoms with E-state index in [0.717, 1.165) is 0 Å². The largest absolute Gasteiger partial charge is 0.488 e. The normalized spacial score (nSPS) is 13.3. The third kappa shape index (κ3) is 2.30. The number of carbonyl (C=O) groups excluding carboxylic acids is 1. The Kier molecular flexibility index (Phi) is 3.54. The van der Waals surface area contributed by atoms with Crippen molar-refractivity contribution in [3.63, 3.8) is 0 Å². The van der Waals surface area contributed by atoms with Gasteiger partial charge in [-0.15, -0.1) is 0 Å². The lowest BCUT2D eigenvalue weighted by molar-refractivity contribution is -0.120.